The van der Waals surface area contributed by atoms with Gasteiger partial charge in [0, 0.05) is 50.3 Å². The number of methoxy groups -OCH3 is 1. The molecule has 0 aromatic heterocycles. The van der Waals surface area contributed by atoms with Crippen molar-refractivity contribution < 1.29 is 14.8 Å². The summed E-state index contributed by atoms with van der Waals surface area (Å²) in [4.78, 5) is 13.2. The van der Waals surface area contributed by atoms with Gasteiger partial charge in [-0.3, -0.25) is 15.0 Å². The Morgan fingerprint density at radius 1 is 1.43 bits per heavy atom. The molecule has 0 unspecified atom stereocenters. The van der Waals surface area contributed by atoms with Crippen molar-refractivity contribution in [1.29, 1.82) is 0 Å². The second kappa shape index (κ2) is 7.25. The van der Waals surface area contributed by atoms with E-state index in [2.05, 4.69) is 10.2 Å². The van der Waals surface area contributed by atoms with Gasteiger partial charge in [-0.2, -0.15) is 0 Å². The van der Waals surface area contributed by atoms with Gasteiger partial charge in [-0.25, -0.2) is 0 Å². The number of piperazine rings is 1. The lowest BCUT2D eigenvalue weighted by Gasteiger charge is -2.43. The van der Waals surface area contributed by atoms with Crippen LogP contribution in [0.3, 0.4) is 0 Å². The van der Waals surface area contributed by atoms with Crippen molar-refractivity contribution in [2.24, 2.45) is 5.41 Å². The van der Waals surface area contributed by atoms with Crippen molar-refractivity contribution in [3.63, 3.8) is 0 Å². The number of hydrogen-bond donors (Lipinski definition) is 2. The molecule has 7 heteroatoms. The van der Waals surface area contributed by atoms with Crippen LogP contribution in [0.25, 0.3) is 0 Å². The highest BCUT2D eigenvalue weighted by atomic mass is 16.6. The van der Waals surface area contributed by atoms with Crippen LogP contribution >= 0.6 is 0 Å². The van der Waals surface area contributed by atoms with Crippen molar-refractivity contribution in [3.05, 3.63) is 33.9 Å². The molecule has 128 valence electrons. The Hall–Kier alpha value is -1.70. The van der Waals surface area contributed by atoms with Crippen LogP contribution in [0.2, 0.25) is 0 Å². The van der Waals surface area contributed by atoms with E-state index in [-0.39, 0.29) is 24.1 Å². The number of rotatable bonds is 6. The fraction of sp³-hybridized carbons (Fsp3) is 0.625. The number of benzene rings is 1. The summed E-state index contributed by atoms with van der Waals surface area (Å²) in [5.41, 5.74) is 0.372. The fourth-order valence-electron chi connectivity index (χ4n) is 3.20. The Labute approximate surface area is 136 Å². The molecule has 0 radical (unpaired) electrons. The lowest BCUT2D eigenvalue weighted by Crippen LogP contribution is -2.49. The molecule has 0 saturated carbocycles. The van der Waals surface area contributed by atoms with Crippen molar-refractivity contribution in [2.45, 2.75) is 19.9 Å². The predicted octanol–water partition coefficient (Wildman–Crippen LogP) is 1.57. The Kier molecular flexibility index (Phi) is 5.56. The van der Waals surface area contributed by atoms with E-state index in [0.29, 0.717) is 0 Å². The maximum absolute atomic E-state index is 11.3. The smallest absolute Gasteiger partial charge is 0.311 e. The summed E-state index contributed by atoms with van der Waals surface area (Å²) >= 11 is 0. The van der Waals surface area contributed by atoms with E-state index >= 15 is 0 Å². The first-order chi connectivity index (χ1) is 10.9. The largest absolute Gasteiger partial charge is 0.490 e. The van der Waals surface area contributed by atoms with Gasteiger partial charge in [-0.15, -0.1) is 0 Å². The Morgan fingerprint density at radius 2 is 2.09 bits per heavy atom. The van der Waals surface area contributed by atoms with Gasteiger partial charge in [-0.05, 0) is 11.6 Å². The third kappa shape index (κ3) is 3.80. The number of ether oxygens (including phenoxy) is 1. The maximum atomic E-state index is 11.3. The molecule has 1 aromatic rings. The Balaban J connectivity index is 2.46. The van der Waals surface area contributed by atoms with Gasteiger partial charge in [0.05, 0.1) is 12.0 Å². The number of nitrogens with zero attached hydrogens (tertiary/aromatic N) is 2. The Bertz CT molecular complexity index is 556. The number of nitro benzene ring substituents is 1. The molecule has 23 heavy (non-hydrogen) atoms. The summed E-state index contributed by atoms with van der Waals surface area (Å²) in [6, 6.07) is 4.97. The molecular formula is C16H25N3O4. The normalized spacial score (nSPS) is 17.7. The van der Waals surface area contributed by atoms with E-state index in [4.69, 9.17) is 4.74 Å². The zero-order chi connectivity index (χ0) is 17.0. The number of hydrogen-bond acceptors (Lipinski definition) is 6. The summed E-state index contributed by atoms with van der Waals surface area (Å²) in [6.07, 6.45) is 0. The standard InChI is InChI=1S/C16H25N3O4/c1-16(2,11-20)15(18-8-6-17-7-9-18)12-4-5-14(23-3)13(10-12)19(21)22/h4-5,10,15,17,20H,6-9,11H2,1-3H3/t15-/m0/s1. The third-order valence-electron chi connectivity index (χ3n) is 4.38. The van der Waals surface area contributed by atoms with E-state index in [0.717, 1.165) is 31.7 Å². The van der Waals surface area contributed by atoms with E-state index in [1.165, 1.54) is 7.11 Å². The summed E-state index contributed by atoms with van der Waals surface area (Å²) in [5.74, 6) is 0.250. The topological polar surface area (TPSA) is 87.9 Å². The lowest BCUT2D eigenvalue weighted by molar-refractivity contribution is -0.385. The van der Waals surface area contributed by atoms with Gasteiger partial charge in [0.1, 0.15) is 0 Å². The molecule has 0 spiro atoms. The summed E-state index contributed by atoms with van der Waals surface area (Å²) in [5, 5.41) is 24.4. The van der Waals surface area contributed by atoms with Crippen molar-refractivity contribution in [1.82, 2.24) is 10.2 Å². The summed E-state index contributed by atoms with van der Waals surface area (Å²) in [7, 11) is 1.42. The third-order valence-corrected chi connectivity index (χ3v) is 4.38. The second-order valence-corrected chi connectivity index (χ2v) is 6.52. The lowest BCUT2D eigenvalue weighted by atomic mass is 9.79. The quantitative estimate of drug-likeness (QED) is 0.610. The van der Waals surface area contributed by atoms with Crippen molar-refractivity contribution >= 4 is 5.69 Å². The molecule has 0 aliphatic carbocycles. The average Bonchev–Trinajstić information content (AvgIpc) is 2.55. The van der Waals surface area contributed by atoms with Gasteiger partial charge in [0.2, 0.25) is 0 Å². The average molecular weight is 323 g/mol. The molecule has 1 atom stereocenters. The summed E-state index contributed by atoms with van der Waals surface area (Å²) < 4.78 is 5.08. The van der Waals surface area contributed by atoms with Crippen LogP contribution in [-0.4, -0.2) is 54.8 Å². The van der Waals surface area contributed by atoms with Gasteiger partial charge in [-0.1, -0.05) is 19.9 Å². The minimum absolute atomic E-state index is 0.00141. The highest BCUT2D eigenvalue weighted by Gasteiger charge is 2.36. The molecule has 0 amide bonds. The zero-order valence-corrected chi connectivity index (χ0v) is 13.9. The first kappa shape index (κ1) is 17.7. The molecule has 1 heterocycles. The molecule has 0 bridgehead atoms. The maximum Gasteiger partial charge on any atom is 0.311 e. The van der Waals surface area contributed by atoms with Gasteiger partial charge in [0.25, 0.3) is 0 Å². The van der Waals surface area contributed by atoms with Crippen LogP contribution in [0.1, 0.15) is 25.5 Å². The highest BCUT2D eigenvalue weighted by Crippen LogP contribution is 2.41. The first-order valence-corrected chi connectivity index (χ1v) is 7.78. The van der Waals surface area contributed by atoms with E-state index in [9.17, 15) is 15.2 Å². The Morgan fingerprint density at radius 3 is 2.61 bits per heavy atom. The molecule has 2 rings (SSSR count). The molecule has 1 fully saturated rings. The van der Waals surface area contributed by atoms with Crippen LogP contribution in [0.15, 0.2) is 18.2 Å². The van der Waals surface area contributed by atoms with E-state index in [1.54, 1.807) is 12.1 Å². The van der Waals surface area contributed by atoms with Crippen LogP contribution in [-0.2, 0) is 0 Å². The van der Waals surface area contributed by atoms with Crippen molar-refractivity contribution in [2.75, 3.05) is 39.9 Å². The monoisotopic (exact) mass is 323 g/mol. The van der Waals surface area contributed by atoms with E-state index < -0.39 is 10.3 Å². The van der Waals surface area contributed by atoms with Crippen LogP contribution < -0.4 is 10.1 Å². The minimum atomic E-state index is -0.427. The number of aliphatic hydroxyl groups is 1. The number of nitrogens with one attached hydrogen (secondary N) is 1. The predicted molar refractivity (Wildman–Crippen MR) is 87.7 cm³/mol. The van der Waals surface area contributed by atoms with Gasteiger partial charge in [0.15, 0.2) is 5.75 Å². The molecule has 2 N–H and O–H groups in total. The first-order valence-electron chi connectivity index (χ1n) is 7.78. The fourth-order valence-corrected chi connectivity index (χ4v) is 3.20. The van der Waals surface area contributed by atoms with Gasteiger partial charge < -0.3 is 15.2 Å². The molecule has 7 nitrogen and oxygen atoms in total. The highest BCUT2D eigenvalue weighted by molar-refractivity contribution is 5.49. The van der Waals surface area contributed by atoms with Crippen LogP contribution in [0, 0.1) is 15.5 Å². The van der Waals surface area contributed by atoms with E-state index in [1.807, 2.05) is 19.9 Å². The van der Waals surface area contributed by atoms with Crippen LogP contribution in [0.4, 0.5) is 5.69 Å². The zero-order valence-electron chi connectivity index (χ0n) is 13.9. The van der Waals surface area contributed by atoms with Gasteiger partial charge >= 0.3 is 5.69 Å². The number of nitro groups is 1. The molecule has 1 saturated heterocycles. The second-order valence-electron chi connectivity index (χ2n) is 6.52. The molecule has 1 aliphatic heterocycles. The molecule has 1 aliphatic rings. The minimum Gasteiger partial charge on any atom is -0.490 e. The van der Waals surface area contributed by atoms with Crippen molar-refractivity contribution in [3.8, 4) is 5.75 Å². The number of aliphatic hydroxyl groups excluding tert-OH is 1. The molecule has 1 aromatic carbocycles. The SMILES string of the molecule is COc1ccc([C@H](N2CCNCC2)C(C)(C)CO)cc1[N+](=O)[O-]. The summed E-state index contributed by atoms with van der Waals surface area (Å²) in [6.45, 7) is 7.39. The van der Waals surface area contributed by atoms with Crippen LogP contribution in [0.5, 0.6) is 5.75 Å². The molecular weight excluding hydrogens is 298 g/mol.